The summed E-state index contributed by atoms with van der Waals surface area (Å²) >= 11 is 0. The summed E-state index contributed by atoms with van der Waals surface area (Å²) < 4.78 is 0. The molecule has 16 heteroatoms. The zero-order chi connectivity index (χ0) is 25.7. The summed E-state index contributed by atoms with van der Waals surface area (Å²) in [6.07, 6.45) is -1.82. The predicted octanol–water partition coefficient (Wildman–Crippen LogP) is -5.85. The third-order valence-corrected chi connectivity index (χ3v) is 4.24. The van der Waals surface area contributed by atoms with Crippen LogP contribution in [0.15, 0.2) is 4.99 Å². The zero-order valence-electron chi connectivity index (χ0n) is 18.1. The molecular weight excluding hydrogens is 444 g/mol. The monoisotopic (exact) mass is 476 g/mol. The highest BCUT2D eigenvalue weighted by atomic mass is 16.4. The molecule has 0 spiro atoms. The smallest absolute Gasteiger partial charge is 0.326 e. The molecule has 0 saturated heterocycles. The maximum atomic E-state index is 12.5. The van der Waals surface area contributed by atoms with Crippen molar-refractivity contribution in [2.75, 3.05) is 13.2 Å². The Labute approximate surface area is 189 Å². The van der Waals surface area contributed by atoms with E-state index in [1.54, 1.807) is 0 Å². The van der Waals surface area contributed by atoms with Crippen LogP contribution in [-0.2, 0) is 24.0 Å². The molecule has 16 nitrogen and oxygen atoms in total. The Morgan fingerprint density at radius 2 is 1.42 bits per heavy atom. The maximum Gasteiger partial charge on any atom is 0.326 e. The average Bonchev–Trinajstić information content (AvgIpc) is 2.71. The van der Waals surface area contributed by atoms with Crippen molar-refractivity contribution in [3.8, 4) is 0 Å². The van der Waals surface area contributed by atoms with Gasteiger partial charge in [-0.3, -0.25) is 24.2 Å². The van der Waals surface area contributed by atoms with E-state index in [0.717, 1.165) is 0 Å². The number of nitrogens with two attached hydrogens (primary N) is 4. The van der Waals surface area contributed by atoms with Gasteiger partial charge in [0, 0.05) is 6.54 Å². The summed E-state index contributed by atoms with van der Waals surface area (Å²) in [4.78, 5) is 63.3. The Balaban J connectivity index is 5.27. The summed E-state index contributed by atoms with van der Waals surface area (Å²) in [5.41, 5.74) is 20.9. The second-order valence-electron chi connectivity index (χ2n) is 7.09. The first kappa shape index (κ1) is 29.5. The van der Waals surface area contributed by atoms with E-state index in [1.807, 2.05) is 0 Å². The lowest BCUT2D eigenvalue weighted by atomic mass is 10.1. The molecule has 0 saturated carbocycles. The van der Waals surface area contributed by atoms with Gasteiger partial charge in [0.25, 0.3) is 0 Å². The summed E-state index contributed by atoms with van der Waals surface area (Å²) in [5, 5.41) is 34.4. The number of carboxylic acid groups (broad SMARTS) is 1. The van der Waals surface area contributed by atoms with Crippen LogP contribution in [-0.4, -0.2) is 94.3 Å². The standard InChI is InChI=1S/C17H32N8O8/c1-7(27)12(19)15(31)25-10(6-26)14(30)24-9(5-11(18)28)13(29)23-8(16(32)33)3-2-4-22-17(20)21/h7-10,12,26-27H,2-6,19H2,1H3,(H2,18,28)(H,23,29)(H,24,30)(H,25,31)(H,32,33)(H4,20,21,22). The Bertz CT molecular complexity index is 741. The SMILES string of the molecule is CC(O)C(N)C(=O)NC(CO)C(=O)NC(CC(N)=O)C(=O)NC(CCCN=C(N)N)C(=O)O. The van der Waals surface area contributed by atoms with E-state index in [2.05, 4.69) is 20.9 Å². The van der Waals surface area contributed by atoms with Gasteiger partial charge in [0.05, 0.1) is 19.1 Å². The van der Waals surface area contributed by atoms with Crippen LogP contribution in [0.25, 0.3) is 0 Å². The Hall–Kier alpha value is -3.50. The number of nitrogens with one attached hydrogen (secondary N) is 3. The fourth-order valence-corrected chi connectivity index (χ4v) is 2.40. The molecule has 188 valence electrons. The number of primary amides is 1. The molecule has 0 aliphatic carbocycles. The van der Waals surface area contributed by atoms with E-state index in [0.29, 0.717) is 0 Å². The number of hydrogen-bond acceptors (Lipinski definition) is 9. The molecule has 0 heterocycles. The molecule has 33 heavy (non-hydrogen) atoms. The largest absolute Gasteiger partial charge is 0.480 e. The van der Waals surface area contributed by atoms with E-state index >= 15 is 0 Å². The lowest BCUT2D eigenvalue weighted by molar-refractivity contribution is -0.142. The van der Waals surface area contributed by atoms with Gasteiger partial charge in [-0.15, -0.1) is 0 Å². The Kier molecular flexibility index (Phi) is 13.0. The van der Waals surface area contributed by atoms with Gasteiger partial charge in [-0.25, -0.2) is 4.79 Å². The number of carbonyl (C=O) groups is 5. The first-order valence-electron chi connectivity index (χ1n) is 9.82. The molecule has 0 aliphatic heterocycles. The number of aliphatic carboxylic acids is 1. The van der Waals surface area contributed by atoms with Crippen molar-refractivity contribution in [3.63, 3.8) is 0 Å². The van der Waals surface area contributed by atoms with Gasteiger partial charge in [-0.2, -0.15) is 0 Å². The number of amides is 4. The second kappa shape index (κ2) is 14.5. The number of aliphatic hydroxyl groups is 2. The zero-order valence-corrected chi connectivity index (χ0v) is 18.1. The van der Waals surface area contributed by atoms with E-state index in [9.17, 15) is 39.3 Å². The first-order valence-corrected chi connectivity index (χ1v) is 9.82. The van der Waals surface area contributed by atoms with Crippen molar-refractivity contribution >= 4 is 35.6 Å². The quantitative estimate of drug-likeness (QED) is 0.0602. The molecule has 0 aromatic carbocycles. The minimum atomic E-state index is -1.61. The lowest BCUT2D eigenvalue weighted by Gasteiger charge is -2.24. The minimum Gasteiger partial charge on any atom is -0.480 e. The molecule has 0 aliphatic rings. The number of guanidine groups is 1. The predicted molar refractivity (Wildman–Crippen MR) is 114 cm³/mol. The van der Waals surface area contributed by atoms with E-state index in [1.165, 1.54) is 6.92 Å². The summed E-state index contributed by atoms with van der Waals surface area (Å²) in [6, 6.07) is -5.98. The van der Waals surface area contributed by atoms with Crippen molar-refractivity contribution in [1.82, 2.24) is 16.0 Å². The van der Waals surface area contributed by atoms with E-state index in [4.69, 9.17) is 22.9 Å². The number of hydrogen-bond donors (Lipinski definition) is 10. The molecule has 0 radical (unpaired) electrons. The molecular formula is C17H32N8O8. The normalized spacial score (nSPS) is 15.2. The molecule has 0 fully saturated rings. The van der Waals surface area contributed by atoms with Crippen molar-refractivity contribution in [2.24, 2.45) is 27.9 Å². The Morgan fingerprint density at radius 3 is 1.88 bits per heavy atom. The minimum absolute atomic E-state index is 0.0678. The number of carbonyl (C=O) groups excluding carboxylic acids is 4. The molecule has 0 bridgehead atoms. The van der Waals surface area contributed by atoms with Crippen LogP contribution in [0, 0.1) is 0 Å². The number of aliphatic imine (C=N–C) groups is 1. The van der Waals surface area contributed by atoms with E-state index < -0.39 is 72.9 Å². The Morgan fingerprint density at radius 1 is 0.909 bits per heavy atom. The van der Waals surface area contributed by atoms with Crippen LogP contribution >= 0.6 is 0 Å². The second-order valence-corrected chi connectivity index (χ2v) is 7.09. The van der Waals surface area contributed by atoms with Gasteiger partial charge < -0.3 is 54.2 Å². The van der Waals surface area contributed by atoms with E-state index in [-0.39, 0.29) is 25.3 Å². The third kappa shape index (κ3) is 11.6. The van der Waals surface area contributed by atoms with Crippen LogP contribution in [0.2, 0.25) is 0 Å². The molecule has 0 aromatic heterocycles. The van der Waals surface area contributed by atoms with Crippen molar-refractivity contribution in [1.29, 1.82) is 0 Å². The number of carboxylic acids is 1. The van der Waals surface area contributed by atoms with Crippen LogP contribution in [0.5, 0.6) is 0 Å². The van der Waals surface area contributed by atoms with Gasteiger partial charge in [0.15, 0.2) is 5.96 Å². The van der Waals surface area contributed by atoms with Gasteiger partial charge in [-0.1, -0.05) is 0 Å². The first-order chi connectivity index (χ1) is 15.3. The topological polar surface area (TPSA) is 299 Å². The van der Waals surface area contributed by atoms with Crippen LogP contribution in [0.4, 0.5) is 0 Å². The number of nitrogens with zero attached hydrogens (tertiary/aromatic N) is 1. The summed E-state index contributed by atoms with van der Waals surface area (Å²) in [6.45, 7) is 0.440. The molecule has 14 N–H and O–H groups in total. The third-order valence-electron chi connectivity index (χ3n) is 4.24. The summed E-state index contributed by atoms with van der Waals surface area (Å²) in [7, 11) is 0. The fraction of sp³-hybridized carbons (Fsp3) is 0.647. The van der Waals surface area contributed by atoms with Gasteiger partial charge in [-0.05, 0) is 19.8 Å². The van der Waals surface area contributed by atoms with Crippen LogP contribution < -0.4 is 38.9 Å². The highest BCUT2D eigenvalue weighted by molar-refractivity contribution is 5.96. The lowest BCUT2D eigenvalue weighted by Crippen LogP contribution is -2.59. The summed E-state index contributed by atoms with van der Waals surface area (Å²) in [5.74, 6) is -5.64. The van der Waals surface area contributed by atoms with Crippen molar-refractivity contribution < 1.29 is 39.3 Å². The molecule has 5 atom stereocenters. The highest BCUT2D eigenvalue weighted by Gasteiger charge is 2.31. The van der Waals surface area contributed by atoms with Gasteiger partial charge >= 0.3 is 5.97 Å². The number of rotatable bonds is 15. The maximum absolute atomic E-state index is 12.5. The molecule has 0 aromatic rings. The average molecular weight is 476 g/mol. The van der Waals surface area contributed by atoms with Gasteiger partial charge in [0.1, 0.15) is 24.2 Å². The van der Waals surface area contributed by atoms with Crippen LogP contribution in [0.1, 0.15) is 26.2 Å². The molecule has 4 amide bonds. The van der Waals surface area contributed by atoms with Crippen molar-refractivity contribution in [2.45, 2.75) is 56.5 Å². The highest BCUT2D eigenvalue weighted by Crippen LogP contribution is 2.02. The molecule has 5 unspecified atom stereocenters. The van der Waals surface area contributed by atoms with Crippen molar-refractivity contribution in [3.05, 3.63) is 0 Å². The fourth-order valence-electron chi connectivity index (χ4n) is 2.40. The van der Waals surface area contributed by atoms with Gasteiger partial charge in [0.2, 0.25) is 23.6 Å². The molecule has 0 rings (SSSR count). The number of aliphatic hydroxyl groups excluding tert-OH is 2. The van der Waals surface area contributed by atoms with Crippen LogP contribution in [0.3, 0.4) is 0 Å².